The molecule has 1 atom stereocenters. The van der Waals surface area contributed by atoms with Crippen molar-refractivity contribution < 1.29 is 4.79 Å². The number of benzene rings is 1. The monoisotopic (exact) mass is 258 g/mol. The number of carbonyl (C=O) groups excluding carboxylic acids is 1. The lowest BCUT2D eigenvalue weighted by molar-refractivity contribution is -0.125. The number of carbonyl (C=O) groups is 1. The van der Waals surface area contributed by atoms with E-state index in [1.165, 1.54) is 0 Å². The molecule has 0 saturated heterocycles. The summed E-state index contributed by atoms with van der Waals surface area (Å²) >= 11 is 0. The number of nitrogens with one attached hydrogen (secondary N) is 1. The predicted octanol–water partition coefficient (Wildman–Crippen LogP) is 0.873. The number of rotatable bonds is 6. The molecular weight excluding hydrogens is 240 g/mol. The topological polar surface area (TPSA) is 72.9 Å². The van der Waals surface area contributed by atoms with Gasteiger partial charge in [0, 0.05) is 18.9 Å². The van der Waals surface area contributed by atoms with Crippen LogP contribution in [0.25, 0.3) is 0 Å². The Hall–Kier alpha value is -2.14. The Morgan fingerprint density at radius 1 is 1.42 bits per heavy atom. The van der Waals surface area contributed by atoms with E-state index in [-0.39, 0.29) is 5.91 Å². The van der Waals surface area contributed by atoms with E-state index in [9.17, 15) is 4.79 Å². The molecule has 0 saturated carbocycles. The molecule has 19 heavy (non-hydrogen) atoms. The largest absolute Gasteiger partial charge is 0.368 e. The highest BCUT2D eigenvalue weighted by Gasteiger charge is 2.36. The molecule has 0 aliphatic carbocycles. The molecule has 2 rings (SSSR count). The lowest BCUT2D eigenvalue weighted by Gasteiger charge is -2.31. The van der Waals surface area contributed by atoms with E-state index in [2.05, 4.69) is 10.3 Å². The molecule has 1 aromatic carbocycles. The maximum absolute atomic E-state index is 11.9. The molecule has 0 bridgehead atoms. The number of hydrogen-bond acceptors (Lipinski definition) is 3. The number of aryl methyl sites for hydroxylation is 1. The van der Waals surface area contributed by atoms with Crippen LogP contribution in [-0.2, 0) is 16.9 Å². The highest BCUT2D eigenvalue weighted by Crippen LogP contribution is 2.25. The van der Waals surface area contributed by atoms with Gasteiger partial charge >= 0.3 is 0 Å². The summed E-state index contributed by atoms with van der Waals surface area (Å²) in [6, 6.07) is 9.55. The zero-order valence-electron chi connectivity index (χ0n) is 10.9. The summed E-state index contributed by atoms with van der Waals surface area (Å²) in [6.45, 7) is 0.665. The van der Waals surface area contributed by atoms with E-state index < -0.39 is 5.54 Å². The van der Waals surface area contributed by atoms with Crippen LogP contribution >= 0.6 is 0 Å². The molecule has 5 heteroatoms. The van der Waals surface area contributed by atoms with E-state index in [1.54, 1.807) is 19.6 Å². The molecule has 0 aliphatic rings. The summed E-state index contributed by atoms with van der Waals surface area (Å²) in [5.41, 5.74) is 5.65. The van der Waals surface area contributed by atoms with Crippen LogP contribution in [-0.4, -0.2) is 22.5 Å². The Labute approximate surface area is 112 Å². The van der Waals surface area contributed by atoms with E-state index in [4.69, 9.17) is 5.73 Å². The normalized spacial score (nSPS) is 13.9. The Balaban J connectivity index is 2.27. The fourth-order valence-corrected chi connectivity index (χ4v) is 2.24. The number of nitrogens with zero attached hydrogens (tertiary/aromatic N) is 2. The van der Waals surface area contributed by atoms with Crippen molar-refractivity contribution in [1.29, 1.82) is 0 Å². The van der Waals surface area contributed by atoms with Crippen LogP contribution in [0.2, 0.25) is 0 Å². The van der Waals surface area contributed by atoms with Crippen molar-refractivity contribution in [2.75, 3.05) is 7.05 Å². The second-order valence-corrected chi connectivity index (χ2v) is 4.44. The second kappa shape index (κ2) is 5.67. The number of amides is 1. The number of nitrogens with two attached hydrogens (primary N) is 1. The molecule has 0 radical (unpaired) electrons. The van der Waals surface area contributed by atoms with Crippen molar-refractivity contribution in [3.63, 3.8) is 0 Å². The Kier molecular flexibility index (Phi) is 3.97. The van der Waals surface area contributed by atoms with Crippen LogP contribution in [0.5, 0.6) is 0 Å². The molecule has 2 aromatic rings. The minimum atomic E-state index is -0.856. The van der Waals surface area contributed by atoms with Crippen molar-refractivity contribution in [3.05, 3.63) is 54.6 Å². The molecule has 1 aromatic heterocycles. The van der Waals surface area contributed by atoms with E-state index in [1.807, 2.05) is 41.1 Å². The average molecular weight is 258 g/mol. The van der Waals surface area contributed by atoms with Gasteiger partial charge in [0.2, 0.25) is 5.91 Å². The van der Waals surface area contributed by atoms with Gasteiger partial charge in [-0.1, -0.05) is 30.3 Å². The van der Waals surface area contributed by atoms with Gasteiger partial charge in [0.15, 0.2) is 0 Å². The Morgan fingerprint density at radius 2 is 2.16 bits per heavy atom. The summed E-state index contributed by atoms with van der Waals surface area (Å²) in [7, 11) is 1.76. The van der Waals surface area contributed by atoms with Gasteiger partial charge in [0.25, 0.3) is 0 Å². The Bertz CT molecular complexity index is 524. The number of imidazole rings is 1. The summed E-state index contributed by atoms with van der Waals surface area (Å²) in [5.74, 6) is -0.374. The van der Waals surface area contributed by atoms with Crippen LogP contribution < -0.4 is 11.1 Å². The first-order valence-corrected chi connectivity index (χ1v) is 6.19. The zero-order chi connectivity index (χ0) is 13.7. The molecule has 0 aliphatic heterocycles. The van der Waals surface area contributed by atoms with E-state index in [0.29, 0.717) is 13.0 Å². The van der Waals surface area contributed by atoms with Crippen LogP contribution in [0.3, 0.4) is 0 Å². The third-order valence-electron chi connectivity index (χ3n) is 3.42. The van der Waals surface area contributed by atoms with Crippen LogP contribution in [0.1, 0.15) is 12.0 Å². The minimum absolute atomic E-state index is 0.374. The van der Waals surface area contributed by atoms with Gasteiger partial charge in [0.05, 0.1) is 6.33 Å². The second-order valence-electron chi connectivity index (χ2n) is 4.44. The van der Waals surface area contributed by atoms with Gasteiger partial charge in [0.1, 0.15) is 5.54 Å². The van der Waals surface area contributed by atoms with Gasteiger partial charge in [-0.05, 0) is 19.0 Å². The summed E-state index contributed by atoms with van der Waals surface area (Å²) in [6.07, 6.45) is 5.88. The fourth-order valence-electron chi connectivity index (χ4n) is 2.24. The van der Waals surface area contributed by atoms with Crippen molar-refractivity contribution in [2.45, 2.75) is 18.5 Å². The van der Waals surface area contributed by atoms with Gasteiger partial charge in [-0.25, -0.2) is 4.98 Å². The fraction of sp³-hybridized carbons (Fsp3) is 0.286. The first-order chi connectivity index (χ1) is 9.19. The number of likely N-dealkylation sites (N-methyl/N-ethyl adjacent to an activating group) is 1. The third kappa shape index (κ3) is 2.66. The lowest BCUT2D eigenvalue weighted by Crippen LogP contribution is -2.51. The molecule has 0 fully saturated rings. The molecule has 0 spiro atoms. The van der Waals surface area contributed by atoms with Crippen molar-refractivity contribution in [2.24, 2.45) is 5.73 Å². The highest BCUT2D eigenvalue weighted by molar-refractivity contribution is 5.86. The summed E-state index contributed by atoms with van der Waals surface area (Å²) < 4.78 is 1.93. The van der Waals surface area contributed by atoms with Crippen molar-refractivity contribution >= 4 is 5.91 Å². The lowest BCUT2D eigenvalue weighted by atomic mass is 9.86. The molecule has 100 valence electrons. The molecular formula is C14H18N4O. The predicted molar refractivity (Wildman–Crippen MR) is 73.2 cm³/mol. The van der Waals surface area contributed by atoms with Crippen molar-refractivity contribution in [3.8, 4) is 0 Å². The quantitative estimate of drug-likeness (QED) is 0.807. The maximum Gasteiger partial charge on any atom is 0.242 e. The van der Waals surface area contributed by atoms with Crippen LogP contribution in [0, 0.1) is 0 Å². The first kappa shape index (κ1) is 13.3. The van der Waals surface area contributed by atoms with Gasteiger partial charge < -0.3 is 15.6 Å². The molecule has 3 N–H and O–H groups in total. The Morgan fingerprint density at radius 3 is 2.68 bits per heavy atom. The SMILES string of the molecule is CNC(CCn1ccnc1)(C(N)=O)c1ccccc1. The smallest absolute Gasteiger partial charge is 0.242 e. The van der Waals surface area contributed by atoms with Crippen molar-refractivity contribution in [1.82, 2.24) is 14.9 Å². The summed E-state index contributed by atoms with van der Waals surface area (Å²) in [4.78, 5) is 15.9. The average Bonchev–Trinajstić information content (AvgIpc) is 2.94. The highest BCUT2D eigenvalue weighted by atomic mass is 16.1. The zero-order valence-corrected chi connectivity index (χ0v) is 10.9. The molecule has 1 unspecified atom stereocenters. The van der Waals surface area contributed by atoms with E-state index >= 15 is 0 Å². The number of aromatic nitrogens is 2. The number of hydrogen-bond donors (Lipinski definition) is 2. The number of primary amides is 1. The van der Waals surface area contributed by atoms with Crippen LogP contribution in [0.4, 0.5) is 0 Å². The molecule has 1 heterocycles. The van der Waals surface area contributed by atoms with Gasteiger partial charge in [-0.3, -0.25) is 4.79 Å². The van der Waals surface area contributed by atoms with Gasteiger partial charge in [-0.15, -0.1) is 0 Å². The standard InChI is InChI=1S/C14H18N4O/c1-16-14(13(15)19,12-5-3-2-4-6-12)7-9-18-10-8-17-11-18/h2-6,8,10-11,16H,7,9H2,1H3,(H2,15,19). The molecule has 5 nitrogen and oxygen atoms in total. The van der Waals surface area contributed by atoms with Gasteiger partial charge in [-0.2, -0.15) is 0 Å². The third-order valence-corrected chi connectivity index (χ3v) is 3.42. The van der Waals surface area contributed by atoms with E-state index in [0.717, 1.165) is 5.56 Å². The summed E-state index contributed by atoms with van der Waals surface area (Å²) in [5, 5.41) is 3.09. The first-order valence-electron chi connectivity index (χ1n) is 6.19. The minimum Gasteiger partial charge on any atom is -0.368 e. The van der Waals surface area contributed by atoms with Crippen LogP contribution in [0.15, 0.2) is 49.1 Å². The molecule has 1 amide bonds. The maximum atomic E-state index is 11.9.